The first kappa shape index (κ1) is 12.1. The third-order valence-electron chi connectivity index (χ3n) is 2.39. The fourth-order valence-corrected chi connectivity index (χ4v) is 2.36. The molecule has 1 aromatic carbocycles. The number of nitrogens with zero attached hydrogens (tertiary/aromatic N) is 2. The molecule has 0 saturated heterocycles. The van der Waals surface area contributed by atoms with Crippen molar-refractivity contribution in [1.82, 2.24) is 8.52 Å². The van der Waals surface area contributed by atoms with Gasteiger partial charge in [-0.05, 0) is 24.6 Å². The van der Waals surface area contributed by atoms with Crippen molar-refractivity contribution in [1.29, 1.82) is 0 Å². The van der Waals surface area contributed by atoms with E-state index in [1.54, 1.807) is 12.1 Å². The van der Waals surface area contributed by atoms with E-state index in [4.69, 9.17) is 11.6 Å². The van der Waals surface area contributed by atoms with Gasteiger partial charge in [-0.25, -0.2) is 13.3 Å². The second-order valence-corrected chi connectivity index (χ2v) is 4.96. The van der Waals surface area contributed by atoms with Gasteiger partial charge in [0.2, 0.25) is 0 Å². The molecule has 0 amide bonds. The molecule has 0 aliphatic heterocycles. The van der Waals surface area contributed by atoms with Gasteiger partial charge in [-0.2, -0.15) is 0 Å². The second kappa shape index (κ2) is 4.89. The highest BCUT2D eigenvalue weighted by Gasteiger charge is 2.08. The highest BCUT2D eigenvalue weighted by atomic mass is 35.5. The minimum Gasteiger partial charge on any atom is -0.255 e. The molecule has 0 bridgehead atoms. The van der Waals surface area contributed by atoms with Gasteiger partial charge in [0.1, 0.15) is 0 Å². The van der Waals surface area contributed by atoms with Gasteiger partial charge in [-0.15, -0.1) is 0 Å². The fraction of sp³-hybridized carbons (Fsp3) is 0.273. The van der Waals surface area contributed by atoms with Crippen LogP contribution in [0.3, 0.4) is 0 Å². The van der Waals surface area contributed by atoms with E-state index in [0.29, 0.717) is 18.1 Å². The maximum atomic E-state index is 11.8. The van der Waals surface area contributed by atoms with Gasteiger partial charge in [0.25, 0.3) is 0 Å². The molecule has 1 heterocycles. The summed E-state index contributed by atoms with van der Waals surface area (Å²) >= 11 is 6.72. The van der Waals surface area contributed by atoms with E-state index < -0.39 is 0 Å². The van der Waals surface area contributed by atoms with Crippen LogP contribution in [0.15, 0.2) is 33.9 Å². The van der Waals surface area contributed by atoms with Crippen LogP contribution in [-0.4, -0.2) is 8.52 Å². The number of hydrogen-bond acceptors (Lipinski definition) is 3. The van der Waals surface area contributed by atoms with Crippen molar-refractivity contribution in [2.45, 2.75) is 20.0 Å². The Morgan fingerprint density at radius 1 is 1.24 bits per heavy atom. The van der Waals surface area contributed by atoms with Gasteiger partial charge in [-0.1, -0.05) is 23.7 Å². The molecule has 0 N–H and O–H groups in total. The van der Waals surface area contributed by atoms with Crippen LogP contribution < -0.4 is 10.6 Å². The molecular weight excluding hydrogens is 260 g/mol. The maximum Gasteiger partial charge on any atom is 0.341 e. The van der Waals surface area contributed by atoms with Crippen molar-refractivity contribution in [3.05, 3.63) is 55.0 Å². The highest BCUT2D eigenvalue weighted by molar-refractivity contribution is 7.03. The molecule has 0 atom stereocenters. The zero-order chi connectivity index (χ0) is 12.4. The summed E-state index contributed by atoms with van der Waals surface area (Å²) in [6.45, 7) is 2.65. The largest absolute Gasteiger partial charge is 0.341 e. The lowest BCUT2D eigenvalue weighted by atomic mass is 10.2. The summed E-state index contributed by atoms with van der Waals surface area (Å²) in [5, 5.41) is 0.636. The third kappa shape index (κ3) is 2.50. The summed E-state index contributed by atoms with van der Waals surface area (Å²) in [5.74, 6) is 0. The molecule has 90 valence electrons. The van der Waals surface area contributed by atoms with Crippen molar-refractivity contribution in [3.63, 3.8) is 0 Å². The first-order chi connectivity index (χ1) is 8.11. The predicted molar refractivity (Wildman–Crippen MR) is 69.1 cm³/mol. The van der Waals surface area contributed by atoms with E-state index in [-0.39, 0.29) is 10.6 Å². The Hall–Kier alpha value is -1.33. The van der Waals surface area contributed by atoms with Gasteiger partial charge in [0.05, 0.1) is 6.54 Å². The van der Waals surface area contributed by atoms with Crippen molar-refractivity contribution < 1.29 is 0 Å². The number of rotatable bonds is 3. The molecule has 0 spiro atoms. The predicted octanol–water partition coefficient (Wildman–Crippen LogP) is 1.79. The van der Waals surface area contributed by atoms with E-state index in [1.165, 1.54) is 8.52 Å². The summed E-state index contributed by atoms with van der Waals surface area (Å²) < 4.78 is 2.68. The maximum absolute atomic E-state index is 11.8. The molecule has 0 unspecified atom stereocenters. The first-order valence-electron chi connectivity index (χ1n) is 5.17. The molecule has 4 nitrogen and oxygen atoms in total. The Balaban J connectivity index is 2.36. The van der Waals surface area contributed by atoms with E-state index in [1.807, 2.05) is 19.1 Å². The lowest BCUT2D eigenvalue weighted by molar-refractivity contribution is 0.675. The Labute approximate surface area is 107 Å². The van der Waals surface area contributed by atoms with Crippen LogP contribution in [0, 0.1) is 0 Å². The van der Waals surface area contributed by atoms with E-state index in [0.717, 1.165) is 17.1 Å². The van der Waals surface area contributed by atoms with E-state index >= 15 is 0 Å². The summed E-state index contributed by atoms with van der Waals surface area (Å²) in [6.07, 6.45) is 0. The fourth-order valence-electron chi connectivity index (χ4n) is 1.50. The van der Waals surface area contributed by atoms with Crippen LogP contribution in [0.2, 0.25) is 5.02 Å². The van der Waals surface area contributed by atoms with Crippen molar-refractivity contribution in [2.24, 2.45) is 0 Å². The van der Waals surface area contributed by atoms with Gasteiger partial charge in [0.15, 0.2) is 0 Å². The molecular formula is C11H11ClN2O2S. The van der Waals surface area contributed by atoms with E-state index in [2.05, 4.69) is 0 Å². The topological polar surface area (TPSA) is 44.0 Å². The Morgan fingerprint density at radius 2 is 1.88 bits per heavy atom. The molecule has 1 aromatic heterocycles. The van der Waals surface area contributed by atoms with Crippen LogP contribution in [0.4, 0.5) is 0 Å². The SMILES string of the molecule is CCn1sc(=O)n(Cc2ccc(Cl)cc2)c1=O. The molecule has 0 radical (unpaired) electrons. The molecule has 2 rings (SSSR count). The van der Waals surface area contributed by atoms with Gasteiger partial charge >= 0.3 is 10.6 Å². The zero-order valence-corrected chi connectivity index (χ0v) is 10.8. The number of benzene rings is 1. The monoisotopic (exact) mass is 270 g/mol. The van der Waals surface area contributed by atoms with Gasteiger partial charge in [-0.3, -0.25) is 4.79 Å². The minimum atomic E-state index is -0.252. The molecule has 6 heteroatoms. The lowest BCUT2D eigenvalue weighted by Crippen LogP contribution is -2.29. The summed E-state index contributed by atoms with van der Waals surface area (Å²) in [6, 6.07) is 7.10. The first-order valence-corrected chi connectivity index (χ1v) is 6.32. The van der Waals surface area contributed by atoms with Crippen LogP contribution >= 0.6 is 23.1 Å². The van der Waals surface area contributed by atoms with Crippen LogP contribution in [-0.2, 0) is 13.1 Å². The second-order valence-electron chi connectivity index (χ2n) is 3.55. The lowest BCUT2D eigenvalue weighted by Gasteiger charge is -2.00. The summed E-state index contributed by atoms with van der Waals surface area (Å²) in [4.78, 5) is 23.2. The summed E-state index contributed by atoms with van der Waals surface area (Å²) in [7, 11) is 0. The molecule has 0 aliphatic rings. The zero-order valence-electron chi connectivity index (χ0n) is 9.22. The van der Waals surface area contributed by atoms with Crippen LogP contribution in [0.1, 0.15) is 12.5 Å². The Morgan fingerprint density at radius 3 is 2.41 bits per heavy atom. The van der Waals surface area contributed by atoms with Crippen molar-refractivity contribution in [3.8, 4) is 0 Å². The Kier molecular flexibility index (Phi) is 3.49. The van der Waals surface area contributed by atoms with Gasteiger partial charge in [0, 0.05) is 23.1 Å². The quantitative estimate of drug-likeness (QED) is 0.854. The van der Waals surface area contributed by atoms with E-state index in [9.17, 15) is 9.59 Å². The van der Waals surface area contributed by atoms with Crippen molar-refractivity contribution in [2.75, 3.05) is 0 Å². The summed E-state index contributed by atoms with van der Waals surface area (Å²) in [5.41, 5.74) is 0.632. The number of hydrogen-bond donors (Lipinski definition) is 0. The molecule has 0 aliphatic carbocycles. The smallest absolute Gasteiger partial charge is 0.255 e. The van der Waals surface area contributed by atoms with Gasteiger partial charge < -0.3 is 0 Å². The average molecular weight is 271 g/mol. The van der Waals surface area contributed by atoms with Crippen molar-refractivity contribution >= 4 is 23.1 Å². The minimum absolute atomic E-state index is 0.230. The number of aromatic nitrogens is 2. The normalized spacial score (nSPS) is 10.7. The Bertz CT molecular complexity index is 624. The number of aryl methyl sites for hydroxylation is 1. The van der Waals surface area contributed by atoms with Crippen LogP contribution in [0.25, 0.3) is 0 Å². The molecule has 0 fully saturated rings. The number of halogens is 1. The third-order valence-corrected chi connectivity index (χ3v) is 3.66. The average Bonchev–Trinajstić information content (AvgIpc) is 2.59. The molecule has 17 heavy (non-hydrogen) atoms. The van der Waals surface area contributed by atoms with Crippen LogP contribution in [0.5, 0.6) is 0 Å². The molecule has 2 aromatic rings. The standard InChI is InChI=1S/C11H11ClN2O2S/c1-2-14-10(15)13(11(16)17-14)7-8-3-5-9(12)6-4-8/h3-6H,2,7H2,1H3. The highest BCUT2D eigenvalue weighted by Crippen LogP contribution is 2.09. The molecule has 0 saturated carbocycles.